The number of hydrogen-bond donors (Lipinski definition) is 2. The molecule has 2 N–H and O–H groups in total. The second kappa shape index (κ2) is 12.3. The standard InChI is InChI=1S/C24H31N5O3.HI/c1-7-25-24(27-19-13-21(30-4)23(32-6)22(14-19)31-5)26-15-18-10-8-9-11-20(18)29-17(3)12-16(2)28-29;/h8-14H,7,15H2,1-6H3,(H2,25,26,27);1H. The van der Waals surface area contributed by atoms with Crippen LogP contribution in [0, 0.1) is 13.8 Å². The maximum atomic E-state index is 5.45. The van der Waals surface area contributed by atoms with E-state index in [0.717, 1.165) is 34.9 Å². The predicted octanol–water partition coefficient (Wildman–Crippen LogP) is 4.71. The molecule has 0 saturated heterocycles. The fourth-order valence-electron chi connectivity index (χ4n) is 3.49. The number of nitrogens with zero attached hydrogens (tertiary/aromatic N) is 3. The van der Waals surface area contributed by atoms with Crippen molar-refractivity contribution in [2.45, 2.75) is 27.3 Å². The number of aromatic nitrogens is 2. The molecule has 0 spiro atoms. The van der Waals surface area contributed by atoms with Crippen molar-refractivity contribution < 1.29 is 14.2 Å². The summed E-state index contributed by atoms with van der Waals surface area (Å²) in [6.07, 6.45) is 0. The number of benzene rings is 2. The fraction of sp³-hybridized carbons (Fsp3) is 0.333. The van der Waals surface area contributed by atoms with Gasteiger partial charge in [0.25, 0.3) is 0 Å². The van der Waals surface area contributed by atoms with Crippen molar-refractivity contribution in [3.05, 3.63) is 59.4 Å². The van der Waals surface area contributed by atoms with Gasteiger partial charge < -0.3 is 24.8 Å². The average molecular weight is 565 g/mol. The van der Waals surface area contributed by atoms with Crippen LogP contribution in [0.1, 0.15) is 23.9 Å². The van der Waals surface area contributed by atoms with Gasteiger partial charge in [-0.15, -0.1) is 24.0 Å². The number of para-hydroxylation sites is 1. The lowest BCUT2D eigenvalue weighted by Crippen LogP contribution is -2.30. The molecule has 3 aromatic rings. The van der Waals surface area contributed by atoms with E-state index >= 15 is 0 Å². The molecule has 1 heterocycles. The summed E-state index contributed by atoms with van der Waals surface area (Å²) in [6, 6.07) is 13.9. The summed E-state index contributed by atoms with van der Waals surface area (Å²) >= 11 is 0. The van der Waals surface area contributed by atoms with Gasteiger partial charge in [0.05, 0.1) is 39.3 Å². The van der Waals surface area contributed by atoms with Crippen molar-refractivity contribution in [3.8, 4) is 22.9 Å². The van der Waals surface area contributed by atoms with Crippen molar-refractivity contribution in [1.29, 1.82) is 0 Å². The lowest BCUT2D eigenvalue weighted by Gasteiger charge is -2.17. The number of guanidine groups is 1. The zero-order valence-corrected chi connectivity index (χ0v) is 22.3. The van der Waals surface area contributed by atoms with Gasteiger partial charge in [-0.3, -0.25) is 0 Å². The SMILES string of the molecule is CCNC(=NCc1ccccc1-n1nc(C)cc1C)Nc1cc(OC)c(OC)c(OC)c1.I. The molecule has 33 heavy (non-hydrogen) atoms. The molecule has 0 amide bonds. The van der Waals surface area contributed by atoms with Crippen LogP contribution in [0.5, 0.6) is 17.2 Å². The maximum Gasteiger partial charge on any atom is 0.203 e. The van der Waals surface area contributed by atoms with Crippen molar-refractivity contribution >= 4 is 35.6 Å². The third-order valence-corrected chi connectivity index (χ3v) is 4.91. The fourth-order valence-corrected chi connectivity index (χ4v) is 3.49. The molecule has 8 nitrogen and oxygen atoms in total. The molecule has 0 unspecified atom stereocenters. The Labute approximate surface area is 212 Å². The number of methoxy groups -OCH3 is 3. The molecular formula is C24H32IN5O3. The van der Waals surface area contributed by atoms with Crippen molar-refractivity contribution in [1.82, 2.24) is 15.1 Å². The number of aryl methyl sites for hydroxylation is 2. The lowest BCUT2D eigenvalue weighted by molar-refractivity contribution is 0.324. The van der Waals surface area contributed by atoms with Gasteiger partial charge in [0.2, 0.25) is 5.75 Å². The first-order valence-corrected chi connectivity index (χ1v) is 10.5. The van der Waals surface area contributed by atoms with Crippen LogP contribution in [-0.2, 0) is 6.54 Å². The molecule has 9 heteroatoms. The van der Waals surface area contributed by atoms with Gasteiger partial charge in [-0.1, -0.05) is 18.2 Å². The normalized spacial score (nSPS) is 10.9. The van der Waals surface area contributed by atoms with Gasteiger partial charge >= 0.3 is 0 Å². The van der Waals surface area contributed by atoms with Crippen LogP contribution in [0.3, 0.4) is 0 Å². The van der Waals surface area contributed by atoms with E-state index in [2.05, 4.69) is 40.9 Å². The Kier molecular flexibility index (Phi) is 9.83. The molecule has 2 aromatic carbocycles. The minimum absolute atomic E-state index is 0. The first-order chi connectivity index (χ1) is 15.5. The minimum atomic E-state index is 0. The van der Waals surface area contributed by atoms with Gasteiger partial charge in [-0.05, 0) is 38.5 Å². The summed E-state index contributed by atoms with van der Waals surface area (Å²) in [5.74, 6) is 2.33. The number of nitrogens with one attached hydrogen (secondary N) is 2. The van der Waals surface area contributed by atoms with E-state index < -0.39 is 0 Å². The Balaban J connectivity index is 0.00000385. The minimum Gasteiger partial charge on any atom is -0.493 e. The van der Waals surface area contributed by atoms with Crippen molar-refractivity contribution in [3.63, 3.8) is 0 Å². The molecule has 0 aliphatic heterocycles. The van der Waals surface area contributed by atoms with Gasteiger partial charge in [-0.2, -0.15) is 5.10 Å². The van der Waals surface area contributed by atoms with E-state index in [1.165, 1.54) is 0 Å². The summed E-state index contributed by atoms with van der Waals surface area (Å²) < 4.78 is 18.3. The summed E-state index contributed by atoms with van der Waals surface area (Å²) in [6.45, 7) is 7.27. The second-order valence-electron chi connectivity index (χ2n) is 7.20. The summed E-state index contributed by atoms with van der Waals surface area (Å²) in [4.78, 5) is 4.80. The lowest BCUT2D eigenvalue weighted by atomic mass is 10.2. The van der Waals surface area contributed by atoms with Gasteiger partial charge in [-0.25, -0.2) is 9.67 Å². The van der Waals surface area contributed by atoms with Crippen LogP contribution in [0.4, 0.5) is 5.69 Å². The highest BCUT2D eigenvalue weighted by atomic mass is 127. The number of rotatable bonds is 8. The molecule has 0 fully saturated rings. The third-order valence-electron chi connectivity index (χ3n) is 4.91. The summed E-state index contributed by atoms with van der Waals surface area (Å²) in [5.41, 5.74) is 4.93. The molecule has 1 aromatic heterocycles. The smallest absolute Gasteiger partial charge is 0.203 e. The zero-order valence-electron chi connectivity index (χ0n) is 19.9. The van der Waals surface area contributed by atoms with E-state index in [-0.39, 0.29) is 24.0 Å². The number of halogens is 1. The molecular weight excluding hydrogens is 533 g/mol. The van der Waals surface area contributed by atoms with Crippen LogP contribution < -0.4 is 24.8 Å². The van der Waals surface area contributed by atoms with E-state index in [0.29, 0.717) is 29.8 Å². The molecule has 0 atom stereocenters. The number of ether oxygens (including phenoxy) is 3. The largest absolute Gasteiger partial charge is 0.493 e. The number of anilines is 1. The second-order valence-corrected chi connectivity index (χ2v) is 7.20. The first-order valence-electron chi connectivity index (χ1n) is 10.5. The number of aliphatic imine (C=N–C) groups is 1. The molecule has 0 saturated carbocycles. The highest BCUT2D eigenvalue weighted by Gasteiger charge is 2.14. The number of hydrogen-bond acceptors (Lipinski definition) is 5. The monoisotopic (exact) mass is 565 g/mol. The predicted molar refractivity (Wildman–Crippen MR) is 143 cm³/mol. The van der Waals surface area contributed by atoms with Crippen LogP contribution >= 0.6 is 24.0 Å². The van der Waals surface area contributed by atoms with E-state index in [1.54, 1.807) is 21.3 Å². The Morgan fingerprint density at radius 3 is 2.21 bits per heavy atom. The van der Waals surface area contributed by atoms with E-state index in [4.69, 9.17) is 19.2 Å². The Morgan fingerprint density at radius 1 is 1.00 bits per heavy atom. The Bertz CT molecular complexity index is 1070. The van der Waals surface area contributed by atoms with E-state index in [1.807, 2.05) is 42.8 Å². The van der Waals surface area contributed by atoms with Gasteiger partial charge in [0, 0.05) is 30.1 Å². The molecule has 3 rings (SSSR count). The van der Waals surface area contributed by atoms with E-state index in [9.17, 15) is 0 Å². The Hall–Kier alpha value is -2.95. The quantitative estimate of drug-likeness (QED) is 0.234. The summed E-state index contributed by atoms with van der Waals surface area (Å²) in [5, 5.41) is 11.2. The molecule has 0 bridgehead atoms. The molecule has 0 aliphatic carbocycles. The topological polar surface area (TPSA) is 81.9 Å². The highest BCUT2D eigenvalue weighted by molar-refractivity contribution is 14.0. The van der Waals surface area contributed by atoms with Crippen molar-refractivity contribution in [2.75, 3.05) is 33.2 Å². The third kappa shape index (κ3) is 6.31. The zero-order chi connectivity index (χ0) is 23.1. The highest BCUT2D eigenvalue weighted by Crippen LogP contribution is 2.39. The maximum absolute atomic E-state index is 5.45. The van der Waals surface area contributed by atoms with Crippen molar-refractivity contribution in [2.24, 2.45) is 4.99 Å². The van der Waals surface area contributed by atoms with Gasteiger partial charge in [0.15, 0.2) is 17.5 Å². The van der Waals surface area contributed by atoms with Crippen LogP contribution in [0.15, 0.2) is 47.5 Å². The van der Waals surface area contributed by atoms with Crippen LogP contribution in [-0.4, -0.2) is 43.6 Å². The van der Waals surface area contributed by atoms with Crippen LogP contribution in [0.25, 0.3) is 5.69 Å². The molecule has 178 valence electrons. The van der Waals surface area contributed by atoms with Crippen LogP contribution in [0.2, 0.25) is 0 Å². The van der Waals surface area contributed by atoms with Gasteiger partial charge in [0.1, 0.15) is 0 Å². The summed E-state index contributed by atoms with van der Waals surface area (Å²) in [7, 11) is 4.77. The average Bonchev–Trinajstić information content (AvgIpc) is 3.14. The Morgan fingerprint density at radius 2 is 1.67 bits per heavy atom. The first kappa shape index (κ1) is 26.3. The molecule has 0 aliphatic rings. The molecule has 0 radical (unpaired) electrons.